The van der Waals surface area contributed by atoms with Crippen LogP contribution in [0.25, 0.3) is 5.69 Å². The van der Waals surface area contributed by atoms with Gasteiger partial charge in [0.05, 0.1) is 22.8 Å². The number of aryl methyl sites for hydroxylation is 1. The molecule has 1 saturated heterocycles. The second kappa shape index (κ2) is 7.81. The average molecular weight is 349 g/mol. The number of carbonyl (C=O) groups excluding carboxylic acids is 1. The van der Waals surface area contributed by atoms with Gasteiger partial charge in [-0.3, -0.25) is 4.79 Å². The quantitative estimate of drug-likeness (QED) is 0.895. The Labute approximate surface area is 149 Å². The van der Waals surface area contributed by atoms with Gasteiger partial charge in [-0.1, -0.05) is 18.2 Å². The number of anilines is 1. The molecular formula is C18H25ClN4O. The fourth-order valence-electron chi connectivity index (χ4n) is 3.24. The van der Waals surface area contributed by atoms with Gasteiger partial charge in [0.2, 0.25) is 5.91 Å². The van der Waals surface area contributed by atoms with Gasteiger partial charge in [-0.05, 0) is 52.3 Å². The van der Waals surface area contributed by atoms with Crippen molar-refractivity contribution in [2.45, 2.75) is 39.7 Å². The Morgan fingerprint density at radius 2 is 2.00 bits per heavy atom. The fraction of sp³-hybridized carbons (Fsp3) is 0.444. The zero-order valence-electron chi connectivity index (χ0n) is 14.4. The molecule has 0 unspecified atom stereocenters. The van der Waals surface area contributed by atoms with Gasteiger partial charge in [0.1, 0.15) is 0 Å². The van der Waals surface area contributed by atoms with Gasteiger partial charge in [-0.2, -0.15) is 5.10 Å². The summed E-state index contributed by atoms with van der Waals surface area (Å²) < 4.78 is 1.88. The minimum absolute atomic E-state index is 0. The van der Waals surface area contributed by atoms with E-state index in [2.05, 4.69) is 22.7 Å². The Hall–Kier alpha value is -1.85. The molecule has 3 rings (SSSR count). The summed E-state index contributed by atoms with van der Waals surface area (Å²) in [5.41, 5.74) is 3.65. The van der Waals surface area contributed by atoms with Crippen molar-refractivity contribution in [3.63, 3.8) is 0 Å². The van der Waals surface area contributed by atoms with Gasteiger partial charge in [-0.25, -0.2) is 4.68 Å². The molecule has 130 valence electrons. The van der Waals surface area contributed by atoms with E-state index in [1.165, 1.54) is 0 Å². The Kier molecular flexibility index (Phi) is 6.02. The van der Waals surface area contributed by atoms with E-state index in [0.29, 0.717) is 6.04 Å². The number of para-hydroxylation sites is 1. The lowest BCUT2D eigenvalue weighted by Gasteiger charge is -2.27. The number of piperidine rings is 1. The third kappa shape index (κ3) is 3.79. The van der Waals surface area contributed by atoms with Crippen molar-refractivity contribution in [3.8, 4) is 5.69 Å². The minimum atomic E-state index is 0. The highest BCUT2D eigenvalue weighted by molar-refractivity contribution is 5.93. The second-order valence-electron chi connectivity index (χ2n) is 6.36. The van der Waals surface area contributed by atoms with Gasteiger partial charge >= 0.3 is 0 Å². The normalized spacial score (nSPS) is 20.3. The molecular weight excluding hydrogens is 324 g/mol. The molecule has 2 aromatic rings. The number of benzene rings is 1. The van der Waals surface area contributed by atoms with Crippen molar-refractivity contribution in [3.05, 3.63) is 41.7 Å². The lowest BCUT2D eigenvalue weighted by Crippen LogP contribution is -2.40. The summed E-state index contributed by atoms with van der Waals surface area (Å²) in [6.45, 7) is 6.96. The van der Waals surface area contributed by atoms with Crippen molar-refractivity contribution in [2.75, 3.05) is 11.9 Å². The molecule has 1 aliphatic rings. The molecule has 0 aliphatic carbocycles. The smallest absolute Gasteiger partial charge is 0.227 e. The van der Waals surface area contributed by atoms with Gasteiger partial charge in [0, 0.05) is 12.0 Å². The molecule has 1 fully saturated rings. The highest BCUT2D eigenvalue weighted by Crippen LogP contribution is 2.25. The maximum absolute atomic E-state index is 12.6. The number of aromatic nitrogens is 2. The van der Waals surface area contributed by atoms with Crippen molar-refractivity contribution >= 4 is 24.0 Å². The van der Waals surface area contributed by atoms with Gasteiger partial charge < -0.3 is 10.6 Å². The molecule has 0 spiro atoms. The number of nitrogens with one attached hydrogen (secondary N) is 2. The van der Waals surface area contributed by atoms with Crippen LogP contribution in [-0.2, 0) is 4.79 Å². The number of amides is 1. The fourth-order valence-corrected chi connectivity index (χ4v) is 3.24. The summed E-state index contributed by atoms with van der Waals surface area (Å²) in [7, 11) is 0. The van der Waals surface area contributed by atoms with E-state index in [4.69, 9.17) is 0 Å². The van der Waals surface area contributed by atoms with Crippen LogP contribution in [0.2, 0.25) is 0 Å². The molecule has 1 aromatic carbocycles. The van der Waals surface area contributed by atoms with Crippen molar-refractivity contribution in [1.29, 1.82) is 0 Å². The molecule has 5 nitrogen and oxygen atoms in total. The maximum Gasteiger partial charge on any atom is 0.227 e. The summed E-state index contributed by atoms with van der Waals surface area (Å²) in [6, 6.07) is 10.4. The van der Waals surface area contributed by atoms with E-state index < -0.39 is 0 Å². The van der Waals surface area contributed by atoms with Crippen LogP contribution < -0.4 is 10.6 Å². The first-order valence-electron chi connectivity index (χ1n) is 8.22. The number of hydrogen-bond donors (Lipinski definition) is 2. The highest BCUT2D eigenvalue weighted by atomic mass is 35.5. The Balaban J connectivity index is 0.00000208. The summed E-state index contributed by atoms with van der Waals surface area (Å²) in [5.74, 6) is 0.183. The molecule has 24 heavy (non-hydrogen) atoms. The summed E-state index contributed by atoms with van der Waals surface area (Å²) >= 11 is 0. The van der Waals surface area contributed by atoms with Crippen LogP contribution in [0.5, 0.6) is 0 Å². The summed E-state index contributed by atoms with van der Waals surface area (Å²) in [6.07, 6.45) is 1.78. The van der Waals surface area contributed by atoms with E-state index in [1.807, 2.05) is 48.9 Å². The molecule has 0 saturated carbocycles. The van der Waals surface area contributed by atoms with E-state index in [9.17, 15) is 4.79 Å². The molecule has 2 N–H and O–H groups in total. The van der Waals surface area contributed by atoms with E-state index in [0.717, 1.165) is 42.1 Å². The molecule has 2 atom stereocenters. The lowest BCUT2D eigenvalue weighted by atomic mass is 9.92. The van der Waals surface area contributed by atoms with Crippen LogP contribution in [0.15, 0.2) is 30.3 Å². The Morgan fingerprint density at radius 1 is 1.29 bits per heavy atom. The topological polar surface area (TPSA) is 59.0 Å². The van der Waals surface area contributed by atoms with Crippen molar-refractivity contribution in [2.24, 2.45) is 5.92 Å². The SMILES string of the molecule is Cc1nn(-c2ccccc2)c(C)c1NC(=O)[C@H]1CCN[C@@H](C)C1.Cl. The average Bonchev–Trinajstić information content (AvgIpc) is 2.84. The number of hydrogen-bond acceptors (Lipinski definition) is 3. The van der Waals surface area contributed by atoms with Crippen molar-refractivity contribution in [1.82, 2.24) is 15.1 Å². The van der Waals surface area contributed by atoms with Gasteiger partial charge in [0.15, 0.2) is 0 Å². The molecule has 6 heteroatoms. The van der Waals surface area contributed by atoms with Crippen LogP contribution in [0, 0.1) is 19.8 Å². The standard InChI is InChI=1S/C18H24N4O.ClH/c1-12-11-15(9-10-19-12)18(23)20-17-13(2)21-22(14(17)3)16-7-5-4-6-8-16;/h4-8,12,15,19H,9-11H2,1-3H3,(H,20,23);1H/t12-,15-;/m0./s1. The zero-order chi connectivity index (χ0) is 16.4. The predicted octanol–water partition coefficient (Wildman–Crippen LogP) is 3.24. The highest BCUT2D eigenvalue weighted by Gasteiger charge is 2.26. The first-order chi connectivity index (χ1) is 11.1. The first-order valence-corrected chi connectivity index (χ1v) is 8.22. The molecule has 1 aliphatic heterocycles. The van der Waals surface area contributed by atoms with Crippen LogP contribution in [0.1, 0.15) is 31.2 Å². The summed E-state index contributed by atoms with van der Waals surface area (Å²) in [5, 5.41) is 11.1. The lowest BCUT2D eigenvalue weighted by molar-refractivity contribution is -0.120. The van der Waals surface area contributed by atoms with Crippen LogP contribution in [0.3, 0.4) is 0 Å². The molecule has 1 aromatic heterocycles. The number of carbonyl (C=O) groups is 1. The molecule has 0 bridgehead atoms. The van der Waals surface area contributed by atoms with Gasteiger partial charge in [0.25, 0.3) is 0 Å². The second-order valence-corrected chi connectivity index (χ2v) is 6.36. The van der Waals surface area contributed by atoms with Crippen LogP contribution >= 0.6 is 12.4 Å². The Bertz CT molecular complexity index is 699. The van der Waals surface area contributed by atoms with Crippen LogP contribution in [-0.4, -0.2) is 28.3 Å². The summed E-state index contributed by atoms with van der Waals surface area (Å²) in [4.78, 5) is 12.6. The predicted molar refractivity (Wildman–Crippen MR) is 99.1 cm³/mol. The zero-order valence-corrected chi connectivity index (χ0v) is 15.2. The largest absolute Gasteiger partial charge is 0.323 e. The first kappa shape index (κ1) is 18.5. The van der Waals surface area contributed by atoms with Crippen LogP contribution in [0.4, 0.5) is 5.69 Å². The maximum atomic E-state index is 12.6. The Morgan fingerprint density at radius 3 is 2.67 bits per heavy atom. The minimum Gasteiger partial charge on any atom is -0.323 e. The molecule has 0 radical (unpaired) electrons. The van der Waals surface area contributed by atoms with E-state index >= 15 is 0 Å². The number of nitrogens with zero attached hydrogens (tertiary/aromatic N) is 2. The van der Waals surface area contributed by atoms with Gasteiger partial charge in [-0.15, -0.1) is 12.4 Å². The van der Waals surface area contributed by atoms with Crippen molar-refractivity contribution < 1.29 is 4.79 Å². The third-order valence-electron chi connectivity index (χ3n) is 4.53. The monoisotopic (exact) mass is 348 g/mol. The third-order valence-corrected chi connectivity index (χ3v) is 4.53. The van der Waals surface area contributed by atoms with E-state index in [1.54, 1.807) is 0 Å². The number of halogens is 1. The van der Waals surface area contributed by atoms with E-state index in [-0.39, 0.29) is 24.2 Å². The number of rotatable bonds is 3. The molecule has 2 heterocycles. The molecule has 1 amide bonds.